The van der Waals surface area contributed by atoms with Crippen LogP contribution in [0, 0.1) is 5.41 Å². The van der Waals surface area contributed by atoms with Crippen molar-refractivity contribution >= 4 is 18.1 Å². The Labute approximate surface area is 190 Å². The highest BCUT2D eigenvalue weighted by Crippen LogP contribution is 2.34. The molecule has 3 amide bonds. The van der Waals surface area contributed by atoms with E-state index in [1.165, 1.54) is 0 Å². The Bertz CT molecular complexity index is 843. The van der Waals surface area contributed by atoms with Gasteiger partial charge in [-0.05, 0) is 38.2 Å². The molecule has 0 radical (unpaired) electrons. The number of hydrogen-bond acceptors (Lipinski definition) is 5. The number of piperazine rings is 1. The molecule has 1 N–H and O–H groups in total. The molecule has 32 heavy (non-hydrogen) atoms. The molecule has 0 aromatic heterocycles. The van der Waals surface area contributed by atoms with Crippen LogP contribution in [0.3, 0.4) is 0 Å². The molecule has 3 rings (SSSR count). The van der Waals surface area contributed by atoms with Crippen LogP contribution in [0.25, 0.3) is 0 Å². The van der Waals surface area contributed by atoms with Crippen molar-refractivity contribution in [2.45, 2.75) is 78.3 Å². The van der Waals surface area contributed by atoms with Gasteiger partial charge in [0, 0.05) is 13.1 Å². The van der Waals surface area contributed by atoms with Crippen molar-refractivity contribution in [3.8, 4) is 0 Å². The van der Waals surface area contributed by atoms with Gasteiger partial charge < -0.3 is 24.6 Å². The zero-order valence-electron chi connectivity index (χ0n) is 19.9. The Morgan fingerprint density at radius 3 is 2.12 bits per heavy atom. The van der Waals surface area contributed by atoms with E-state index >= 15 is 0 Å². The van der Waals surface area contributed by atoms with E-state index in [-0.39, 0.29) is 30.7 Å². The van der Waals surface area contributed by atoms with E-state index in [1.807, 2.05) is 71.9 Å². The van der Waals surface area contributed by atoms with Crippen molar-refractivity contribution in [3.05, 3.63) is 35.9 Å². The molecule has 1 unspecified atom stereocenters. The topological polar surface area (TPSA) is 88.2 Å². The van der Waals surface area contributed by atoms with Gasteiger partial charge in [-0.15, -0.1) is 0 Å². The average Bonchev–Trinajstić information content (AvgIpc) is 3.30. The molecule has 2 aliphatic heterocycles. The number of amides is 3. The number of nitrogens with one attached hydrogen (secondary N) is 1. The molecule has 2 heterocycles. The molecule has 0 aliphatic carbocycles. The third-order valence-corrected chi connectivity index (χ3v) is 5.74. The van der Waals surface area contributed by atoms with Crippen LogP contribution < -0.4 is 5.32 Å². The van der Waals surface area contributed by atoms with Gasteiger partial charge in [-0.25, -0.2) is 9.59 Å². The molecule has 1 aromatic rings. The first-order valence-corrected chi connectivity index (χ1v) is 11.1. The first kappa shape index (κ1) is 23.9. The zero-order chi connectivity index (χ0) is 23.7. The van der Waals surface area contributed by atoms with E-state index in [1.54, 1.807) is 9.80 Å². The quantitative estimate of drug-likeness (QED) is 0.766. The number of hydrogen-bond donors (Lipinski definition) is 1. The molecule has 0 saturated carbocycles. The maximum Gasteiger partial charge on any atom is 0.410 e. The summed E-state index contributed by atoms with van der Waals surface area (Å²) in [7, 11) is 0. The van der Waals surface area contributed by atoms with E-state index in [0.29, 0.717) is 13.1 Å². The van der Waals surface area contributed by atoms with Crippen LogP contribution in [-0.2, 0) is 20.9 Å². The van der Waals surface area contributed by atoms with E-state index in [4.69, 9.17) is 9.47 Å². The van der Waals surface area contributed by atoms with Crippen molar-refractivity contribution in [1.82, 2.24) is 15.1 Å². The third-order valence-electron chi connectivity index (χ3n) is 5.74. The fraction of sp³-hybridized carbons (Fsp3) is 0.625. The van der Waals surface area contributed by atoms with Crippen LogP contribution >= 0.6 is 0 Å². The lowest BCUT2D eigenvalue weighted by Gasteiger charge is -2.39. The second-order valence-electron chi connectivity index (χ2n) is 10.7. The molecular weight excluding hydrogens is 410 g/mol. The number of benzene rings is 1. The zero-order valence-corrected chi connectivity index (χ0v) is 19.9. The van der Waals surface area contributed by atoms with Gasteiger partial charge in [0.05, 0.1) is 12.1 Å². The molecule has 0 spiro atoms. The predicted molar refractivity (Wildman–Crippen MR) is 120 cm³/mol. The number of nitrogens with zero attached hydrogens (tertiary/aromatic N) is 2. The van der Waals surface area contributed by atoms with Gasteiger partial charge in [0.2, 0.25) is 5.91 Å². The summed E-state index contributed by atoms with van der Waals surface area (Å²) in [6, 6.07) is 8.51. The number of rotatable bonds is 4. The summed E-state index contributed by atoms with van der Waals surface area (Å²) in [5, 5.41) is 2.77. The Morgan fingerprint density at radius 1 is 1.00 bits per heavy atom. The summed E-state index contributed by atoms with van der Waals surface area (Å²) in [5.41, 5.74) is -0.189. The Hall–Kier alpha value is -2.77. The molecule has 8 heteroatoms. The van der Waals surface area contributed by atoms with E-state index in [0.717, 1.165) is 12.0 Å². The van der Waals surface area contributed by atoms with Crippen LogP contribution in [-0.4, -0.2) is 64.7 Å². The van der Waals surface area contributed by atoms with E-state index in [9.17, 15) is 14.4 Å². The molecular formula is C24H35N3O5. The lowest BCUT2D eigenvalue weighted by atomic mass is 9.85. The van der Waals surface area contributed by atoms with Gasteiger partial charge in [-0.3, -0.25) is 4.79 Å². The maximum atomic E-state index is 13.4. The number of ether oxygens (including phenoxy) is 2. The summed E-state index contributed by atoms with van der Waals surface area (Å²) in [6.07, 6.45) is -0.241. The van der Waals surface area contributed by atoms with Crippen LogP contribution in [0.2, 0.25) is 0 Å². The molecule has 2 saturated heterocycles. The maximum absolute atomic E-state index is 13.4. The van der Waals surface area contributed by atoms with Crippen molar-refractivity contribution in [1.29, 1.82) is 0 Å². The van der Waals surface area contributed by atoms with Crippen molar-refractivity contribution in [3.63, 3.8) is 0 Å². The number of alkyl carbamates (subject to hydrolysis) is 1. The van der Waals surface area contributed by atoms with Crippen LogP contribution in [0.4, 0.5) is 9.59 Å². The van der Waals surface area contributed by atoms with E-state index in [2.05, 4.69) is 5.32 Å². The molecule has 2 fully saturated rings. The fourth-order valence-electron chi connectivity index (χ4n) is 4.18. The minimum Gasteiger partial charge on any atom is -0.445 e. The molecule has 2 aliphatic rings. The highest BCUT2D eigenvalue weighted by Gasteiger charge is 2.50. The van der Waals surface area contributed by atoms with Crippen molar-refractivity contribution < 1.29 is 23.9 Å². The molecule has 8 nitrogen and oxygen atoms in total. The predicted octanol–water partition coefficient (Wildman–Crippen LogP) is 3.55. The summed E-state index contributed by atoms with van der Waals surface area (Å²) in [4.78, 5) is 41.9. The molecule has 2 bridgehead atoms. The van der Waals surface area contributed by atoms with Crippen molar-refractivity contribution in [2.24, 2.45) is 5.41 Å². The van der Waals surface area contributed by atoms with E-state index < -0.39 is 23.2 Å². The monoisotopic (exact) mass is 445 g/mol. The van der Waals surface area contributed by atoms with Gasteiger partial charge in [-0.2, -0.15) is 0 Å². The lowest BCUT2D eigenvalue weighted by molar-refractivity contribution is -0.138. The highest BCUT2D eigenvalue weighted by molar-refractivity contribution is 5.87. The number of fused-ring (bicyclic) bond motifs is 2. The van der Waals surface area contributed by atoms with Gasteiger partial charge in [0.1, 0.15) is 18.2 Å². The molecule has 3 atom stereocenters. The minimum absolute atomic E-state index is 0.0653. The second kappa shape index (κ2) is 9.00. The Balaban J connectivity index is 1.60. The average molecular weight is 446 g/mol. The van der Waals surface area contributed by atoms with Crippen LogP contribution in [0.1, 0.15) is 53.5 Å². The Kier molecular flexibility index (Phi) is 6.72. The molecule has 176 valence electrons. The van der Waals surface area contributed by atoms with Gasteiger partial charge in [-0.1, -0.05) is 51.1 Å². The first-order chi connectivity index (χ1) is 14.8. The minimum atomic E-state index is -0.736. The third kappa shape index (κ3) is 5.72. The largest absolute Gasteiger partial charge is 0.445 e. The SMILES string of the molecule is CC(C)(C)OC(=O)N1C[C@@H]2CC1CN2C(=O)[C@@H](NC(=O)OCc1ccccc1)C(C)(C)C. The second-order valence-corrected chi connectivity index (χ2v) is 10.7. The van der Waals surface area contributed by atoms with Gasteiger partial charge in [0.25, 0.3) is 0 Å². The number of carbonyl (C=O) groups excluding carboxylic acids is 3. The van der Waals surface area contributed by atoms with Crippen molar-refractivity contribution in [2.75, 3.05) is 13.1 Å². The smallest absolute Gasteiger partial charge is 0.410 e. The first-order valence-electron chi connectivity index (χ1n) is 11.1. The number of likely N-dealkylation sites (tertiary alicyclic amines) is 2. The highest BCUT2D eigenvalue weighted by atomic mass is 16.6. The Morgan fingerprint density at radius 2 is 1.59 bits per heavy atom. The van der Waals surface area contributed by atoms with Gasteiger partial charge in [0.15, 0.2) is 0 Å². The van der Waals surface area contributed by atoms with Crippen LogP contribution in [0.15, 0.2) is 30.3 Å². The normalized spacial score (nSPS) is 21.3. The summed E-state index contributed by atoms with van der Waals surface area (Å²) >= 11 is 0. The standard InChI is InChI=1S/C24H35N3O5/c1-23(2,3)19(25-21(29)31-15-16-10-8-7-9-11-16)20(28)26-13-18-12-17(26)14-27(18)22(30)32-24(4,5)6/h7-11,17-19H,12-15H2,1-6H3,(H,25,29)/t17-,18?,19+/m0/s1. The van der Waals surface area contributed by atoms with Crippen LogP contribution in [0.5, 0.6) is 0 Å². The fourth-order valence-corrected chi connectivity index (χ4v) is 4.18. The van der Waals surface area contributed by atoms with Gasteiger partial charge >= 0.3 is 12.2 Å². The summed E-state index contributed by atoms with van der Waals surface area (Å²) < 4.78 is 10.8. The number of carbonyl (C=O) groups is 3. The summed E-state index contributed by atoms with van der Waals surface area (Å²) in [5.74, 6) is -0.148. The summed E-state index contributed by atoms with van der Waals surface area (Å²) in [6.45, 7) is 12.3. The lowest BCUT2D eigenvalue weighted by Crippen LogP contribution is -2.59. The molecule has 1 aromatic carbocycles.